The van der Waals surface area contributed by atoms with Gasteiger partial charge >= 0.3 is 0 Å². The first-order chi connectivity index (χ1) is 12.6. The van der Waals surface area contributed by atoms with Gasteiger partial charge in [-0.2, -0.15) is 10.1 Å². The van der Waals surface area contributed by atoms with E-state index in [0.717, 1.165) is 10.4 Å². The Morgan fingerprint density at radius 2 is 1.77 bits per heavy atom. The fourth-order valence-corrected chi connectivity index (χ4v) is 3.61. The maximum atomic E-state index is 13.1. The van der Waals surface area contributed by atoms with Crippen molar-refractivity contribution in [3.8, 4) is 0 Å². The van der Waals surface area contributed by atoms with Crippen molar-refractivity contribution in [2.45, 2.75) is 0 Å². The van der Waals surface area contributed by atoms with Crippen molar-refractivity contribution in [1.29, 1.82) is 0 Å². The number of nitrogens with zero attached hydrogens (tertiary/aromatic N) is 2. The van der Waals surface area contributed by atoms with Crippen molar-refractivity contribution in [3.63, 3.8) is 0 Å². The molecule has 3 aromatic rings. The van der Waals surface area contributed by atoms with Crippen LogP contribution in [0.25, 0.3) is 6.08 Å². The summed E-state index contributed by atoms with van der Waals surface area (Å²) >= 11 is 13.7. The van der Waals surface area contributed by atoms with Gasteiger partial charge in [0.15, 0.2) is 0 Å². The standard InChI is InChI=1S/C20H12Cl2N2OS/c21-17-9-8-14(11-18(17)22)24-20(25)16(12-15-7-4-10-26-15)19(23-24)13-5-2-1-3-6-13/h1-12H. The average molecular weight is 399 g/mol. The van der Waals surface area contributed by atoms with Crippen LogP contribution in [0.2, 0.25) is 10.0 Å². The third-order valence-corrected chi connectivity index (χ3v) is 5.46. The van der Waals surface area contributed by atoms with Crippen LogP contribution in [-0.2, 0) is 4.79 Å². The molecular formula is C20H12Cl2N2OS. The fraction of sp³-hybridized carbons (Fsp3) is 0. The number of rotatable bonds is 3. The third kappa shape index (κ3) is 3.19. The molecule has 26 heavy (non-hydrogen) atoms. The SMILES string of the molecule is O=C1C(=Cc2cccs2)C(c2ccccc2)=NN1c1ccc(Cl)c(Cl)c1. The Hall–Kier alpha value is -2.40. The van der Waals surface area contributed by atoms with E-state index in [4.69, 9.17) is 23.2 Å². The zero-order valence-electron chi connectivity index (χ0n) is 13.4. The molecule has 2 heterocycles. The maximum Gasteiger partial charge on any atom is 0.281 e. The molecule has 0 atom stereocenters. The number of anilines is 1. The Morgan fingerprint density at radius 1 is 0.962 bits per heavy atom. The van der Waals surface area contributed by atoms with E-state index in [9.17, 15) is 4.79 Å². The zero-order valence-corrected chi connectivity index (χ0v) is 15.7. The first-order valence-electron chi connectivity index (χ1n) is 7.82. The largest absolute Gasteiger partial charge is 0.281 e. The molecule has 0 aliphatic carbocycles. The lowest BCUT2D eigenvalue weighted by Crippen LogP contribution is -2.21. The van der Waals surface area contributed by atoms with E-state index in [2.05, 4.69) is 5.10 Å². The molecule has 0 spiro atoms. The summed E-state index contributed by atoms with van der Waals surface area (Å²) in [6.45, 7) is 0. The van der Waals surface area contributed by atoms with Gasteiger partial charge in [-0.05, 0) is 35.7 Å². The first-order valence-corrected chi connectivity index (χ1v) is 9.46. The normalized spacial score (nSPS) is 15.6. The summed E-state index contributed by atoms with van der Waals surface area (Å²) in [5, 5.41) is 8.73. The van der Waals surface area contributed by atoms with Crippen LogP contribution < -0.4 is 5.01 Å². The second kappa shape index (κ2) is 7.08. The number of hydrogen-bond donors (Lipinski definition) is 0. The highest BCUT2D eigenvalue weighted by Gasteiger charge is 2.32. The summed E-state index contributed by atoms with van der Waals surface area (Å²) in [5.41, 5.74) is 2.64. The van der Waals surface area contributed by atoms with E-state index in [0.29, 0.717) is 27.0 Å². The summed E-state index contributed by atoms with van der Waals surface area (Å²) in [7, 11) is 0. The van der Waals surface area contributed by atoms with Gasteiger partial charge in [-0.1, -0.05) is 59.6 Å². The Bertz CT molecular complexity index is 1030. The van der Waals surface area contributed by atoms with Crippen LogP contribution in [0.1, 0.15) is 10.4 Å². The van der Waals surface area contributed by atoms with E-state index < -0.39 is 0 Å². The van der Waals surface area contributed by atoms with Crippen LogP contribution in [0.4, 0.5) is 5.69 Å². The Balaban J connectivity index is 1.83. The number of carbonyl (C=O) groups excluding carboxylic acids is 1. The highest BCUT2D eigenvalue weighted by molar-refractivity contribution is 7.10. The van der Waals surface area contributed by atoms with Crippen molar-refractivity contribution < 1.29 is 4.79 Å². The average Bonchev–Trinajstić information content (AvgIpc) is 3.28. The lowest BCUT2D eigenvalue weighted by atomic mass is 10.0. The second-order valence-electron chi connectivity index (χ2n) is 5.60. The molecule has 1 aromatic heterocycles. The van der Waals surface area contributed by atoms with E-state index >= 15 is 0 Å². The van der Waals surface area contributed by atoms with Gasteiger partial charge in [-0.15, -0.1) is 11.3 Å². The van der Waals surface area contributed by atoms with Gasteiger partial charge in [-0.25, -0.2) is 0 Å². The topological polar surface area (TPSA) is 32.7 Å². The van der Waals surface area contributed by atoms with Gasteiger partial charge in [0.25, 0.3) is 5.91 Å². The summed E-state index contributed by atoms with van der Waals surface area (Å²) in [4.78, 5) is 14.1. The van der Waals surface area contributed by atoms with E-state index in [1.165, 1.54) is 5.01 Å². The van der Waals surface area contributed by atoms with Gasteiger partial charge in [0.05, 0.1) is 21.3 Å². The molecule has 0 radical (unpaired) electrons. The molecule has 4 rings (SSSR count). The van der Waals surface area contributed by atoms with Crippen LogP contribution in [0.5, 0.6) is 0 Å². The van der Waals surface area contributed by atoms with Crippen LogP contribution in [0.3, 0.4) is 0 Å². The minimum atomic E-state index is -0.198. The number of amides is 1. The number of thiophene rings is 1. The van der Waals surface area contributed by atoms with Crippen LogP contribution in [0, 0.1) is 0 Å². The van der Waals surface area contributed by atoms with E-state index in [1.807, 2.05) is 53.9 Å². The number of benzene rings is 2. The Kier molecular flexibility index (Phi) is 4.64. The molecule has 6 heteroatoms. The number of hydrazone groups is 1. The first kappa shape index (κ1) is 17.0. The predicted octanol–water partition coefficient (Wildman–Crippen LogP) is 5.89. The minimum Gasteiger partial charge on any atom is -0.267 e. The minimum absolute atomic E-state index is 0.198. The van der Waals surface area contributed by atoms with Crippen molar-refractivity contribution in [3.05, 3.63) is 92.1 Å². The monoisotopic (exact) mass is 398 g/mol. The smallest absolute Gasteiger partial charge is 0.267 e. The fourth-order valence-electron chi connectivity index (χ4n) is 2.66. The Labute approximate surface area is 164 Å². The van der Waals surface area contributed by atoms with E-state index in [-0.39, 0.29) is 5.91 Å². The van der Waals surface area contributed by atoms with Gasteiger partial charge in [-0.3, -0.25) is 4.79 Å². The van der Waals surface area contributed by atoms with Crippen molar-refractivity contribution in [1.82, 2.24) is 0 Å². The highest BCUT2D eigenvalue weighted by atomic mass is 35.5. The number of halogens is 2. The molecule has 0 N–H and O–H groups in total. The molecule has 0 bridgehead atoms. The van der Waals surface area contributed by atoms with Crippen molar-refractivity contribution in [2.75, 3.05) is 5.01 Å². The molecule has 1 amide bonds. The molecular weight excluding hydrogens is 387 g/mol. The molecule has 128 valence electrons. The summed E-state index contributed by atoms with van der Waals surface area (Å²) < 4.78 is 0. The molecule has 0 saturated heterocycles. The van der Waals surface area contributed by atoms with Gasteiger partial charge in [0.2, 0.25) is 0 Å². The molecule has 3 nitrogen and oxygen atoms in total. The predicted molar refractivity (Wildman–Crippen MR) is 109 cm³/mol. The highest BCUT2D eigenvalue weighted by Crippen LogP contribution is 2.32. The molecule has 2 aromatic carbocycles. The van der Waals surface area contributed by atoms with Crippen LogP contribution >= 0.6 is 34.5 Å². The molecule has 0 fully saturated rings. The summed E-state index contributed by atoms with van der Waals surface area (Å²) in [6.07, 6.45) is 1.87. The van der Waals surface area contributed by atoms with Gasteiger partial charge in [0.1, 0.15) is 5.71 Å². The van der Waals surface area contributed by atoms with Crippen LogP contribution in [-0.4, -0.2) is 11.6 Å². The number of hydrogen-bond acceptors (Lipinski definition) is 3. The Morgan fingerprint density at radius 3 is 2.46 bits per heavy atom. The third-order valence-electron chi connectivity index (χ3n) is 3.90. The molecule has 0 saturated carbocycles. The lowest BCUT2D eigenvalue weighted by molar-refractivity contribution is -0.114. The van der Waals surface area contributed by atoms with Crippen LogP contribution in [0.15, 0.2) is 76.7 Å². The zero-order chi connectivity index (χ0) is 18.1. The lowest BCUT2D eigenvalue weighted by Gasteiger charge is -2.12. The van der Waals surface area contributed by atoms with Crippen molar-refractivity contribution >= 4 is 57.9 Å². The van der Waals surface area contributed by atoms with Crippen molar-refractivity contribution in [2.24, 2.45) is 5.10 Å². The molecule has 1 aliphatic heterocycles. The molecule has 0 unspecified atom stereocenters. The second-order valence-corrected chi connectivity index (χ2v) is 7.40. The quantitative estimate of drug-likeness (QED) is 0.506. The van der Waals surface area contributed by atoms with E-state index in [1.54, 1.807) is 29.5 Å². The number of carbonyl (C=O) groups is 1. The summed E-state index contributed by atoms with van der Waals surface area (Å²) in [6, 6.07) is 18.6. The molecule has 1 aliphatic rings. The summed E-state index contributed by atoms with van der Waals surface area (Å²) in [5.74, 6) is -0.198. The maximum absolute atomic E-state index is 13.1. The van der Waals surface area contributed by atoms with Gasteiger partial charge in [0, 0.05) is 10.4 Å². The van der Waals surface area contributed by atoms with Gasteiger partial charge < -0.3 is 0 Å².